The Morgan fingerprint density at radius 1 is 1.69 bits per heavy atom. The van der Waals surface area contributed by atoms with Gasteiger partial charge < -0.3 is 10.5 Å². The number of ether oxygens (including phenoxy) is 1. The first-order valence-corrected chi connectivity index (χ1v) is 4.62. The van der Waals surface area contributed by atoms with Gasteiger partial charge in [0.15, 0.2) is 0 Å². The molecule has 0 amide bonds. The lowest BCUT2D eigenvalue weighted by Crippen LogP contribution is -1.92. The van der Waals surface area contributed by atoms with Gasteiger partial charge in [-0.25, -0.2) is 4.79 Å². The topological polar surface area (TPSA) is 52.3 Å². The van der Waals surface area contributed by atoms with Crippen LogP contribution in [-0.2, 0) is 16.1 Å². The number of thiophene rings is 1. The van der Waals surface area contributed by atoms with Gasteiger partial charge in [-0.1, -0.05) is 0 Å². The van der Waals surface area contributed by atoms with Crippen LogP contribution in [0.4, 0.5) is 0 Å². The van der Waals surface area contributed by atoms with E-state index in [1.165, 1.54) is 13.2 Å². The Labute approximate surface area is 80.8 Å². The van der Waals surface area contributed by atoms with Crippen molar-refractivity contribution in [3.05, 3.63) is 28.0 Å². The van der Waals surface area contributed by atoms with E-state index < -0.39 is 0 Å². The molecule has 0 atom stereocenters. The highest BCUT2D eigenvalue weighted by molar-refractivity contribution is 7.12. The molecule has 0 radical (unpaired) electrons. The molecule has 0 fully saturated rings. The highest BCUT2D eigenvalue weighted by atomic mass is 32.1. The number of rotatable bonds is 3. The molecule has 1 aromatic rings. The van der Waals surface area contributed by atoms with Crippen LogP contribution < -0.4 is 5.73 Å². The number of esters is 1. The first-order valence-electron chi connectivity index (χ1n) is 3.81. The zero-order chi connectivity index (χ0) is 9.68. The van der Waals surface area contributed by atoms with Crippen molar-refractivity contribution in [1.29, 1.82) is 0 Å². The highest BCUT2D eigenvalue weighted by Gasteiger charge is 1.96. The summed E-state index contributed by atoms with van der Waals surface area (Å²) >= 11 is 1.57. The molecule has 13 heavy (non-hydrogen) atoms. The minimum atomic E-state index is -0.345. The Balaban J connectivity index is 2.63. The third-order valence-corrected chi connectivity index (χ3v) is 2.54. The van der Waals surface area contributed by atoms with Gasteiger partial charge in [0.25, 0.3) is 0 Å². The molecule has 2 N–H and O–H groups in total. The predicted octanol–water partition coefficient (Wildman–Crippen LogP) is 1.39. The van der Waals surface area contributed by atoms with Crippen molar-refractivity contribution in [2.45, 2.75) is 6.54 Å². The van der Waals surface area contributed by atoms with Gasteiger partial charge in [-0.15, -0.1) is 11.3 Å². The third-order valence-electron chi connectivity index (χ3n) is 1.47. The Hall–Kier alpha value is -1.13. The van der Waals surface area contributed by atoms with E-state index in [0.717, 1.165) is 9.75 Å². The van der Waals surface area contributed by atoms with Gasteiger partial charge in [0, 0.05) is 22.4 Å². The summed E-state index contributed by atoms with van der Waals surface area (Å²) in [6.45, 7) is 0.538. The molecule has 0 aliphatic heterocycles. The molecule has 0 saturated carbocycles. The van der Waals surface area contributed by atoms with E-state index in [2.05, 4.69) is 4.74 Å². The molecule has 0 aliphatic carbocycles. The fraction of sp³-hybridized carbons (Fsp3) is 0.222. The summed E-state index contributed by atoms with van der Waals surface area (Å²) in [6.07, 6.45) is 3.11. The van der Waals surface area contributed by atoms with Gasteiger partial charge in [0.2, 0.25) is 0 Å². The summed E-state index contributed by atoms with van der Waals surface area (Å²) in [5, 5.41) is 0. The van der Waals surface area contributed by atoms with Gasteiger partial charge in [-0.3, -0.25) is 0 Å². The maximum Gasteiger partial charge on any atom is 0.330 e. The smallest absolute Gasteiger partial charge is 0.330 e. The van der Waals surface area contributed by atoms with Gasteiger partial charge in [0.05, 0.1) is 7.11 Å². The van der Waals surface area contributed by atoms with Crippen molar-refractivity contribution in [3.63, 3.8) is 0 Å². The molecule has 0 aromatic carbocycles. The van der Waals surface area contributed by atoms with Crippen molar-refractivity contribution in [3.8, 4) is 0 Å². The van der Waals surface area contributed by atoms with Crippen LogP contribution in [0.3, 0.4) is 0 Å². The molecular formula is C9H11NO2S. The lowest BCUT2D eigenvalue weighted by atomic mass is 10.4. The molecule has 0 spiro atoms. The van der Waals surface area contributed by atoms with Gasteiger partial charge in [-0.2, -0.15) is 0 Å². The second-order valence-electron chi connectivity index (χ2n) is 2.36. The predicted molar refractivity (Wildman–Crippen MR) is 53.3 cm³/mol. The van der Waals surface area contributed by atoms with E-state index >= 15 is 0 Å². The minimum absolute atomic E-state index is 0.345. The highest BCUT2D eigenvalue weighted by Crippen LogP contribution is 2.16. The van der Waals surface area contributed by atoms with E-state index in [0.29, 0.717) is 6.54 Å². The number of hydrogen-bond donors (Lipinski definition) is 1. The Morgan fingerprint density at radius 3 is 3.00 bits per heavy atom. The molecule has 3 nitrogen and oxygen atoms in total. The van der Waals surface area contributed by atoms with Crippen LogP contribution in [0.15, 0.2) is 18.2 Å². The molecule has 1 rings (SSSR count). The molecule has 70 valence electrons. The molecule has 4 heteroatoms. The third kappa shape index (κ3) is 3.01. The summed E-state index contributed by atoms with van der Waals surface area (Å²) in [4.78, 5) is 12.8. The summed E-state index contributed by atoms with van der Waals surface area (Å²) < 4.78 is 4.46. The maximum atomic E-state index is 10.7. The summed E-state index contributed by atoms with van der Waals surface area (Å²) in [6, 6.07) is 3.87. The minimum Gasteiger partial charge on any atom is -0.466 e. The van der Waals surface area contributed by atoms with E-state index in [1.807, 2.05) is 12.1 Å². The van der Waals surface area contributed by atoms with Crippen LogP contribution in [0, 0.1) is 0 Å². The average Bonchev–Trinajstić information content (AvgIpc) is 2.61. The SMILES string of the molecule is COC(=O)/C=C/c1ccc(CN)s1. The fourth-order valence-electron chi connectivity index (χ4n) is 0.812. The largest absolute Gasteiger partial charge is 0.466 e. The van der Waals surface area contributed by atoms with Crippen LogP contribution in [0.5, 0.6) is 0 Å². The van der Waals surface area contributed by atoms with Crippen molar-refractivity contribution < 1.29 is 9.53 Å². The number of carbonyl (C=O) groups is 1. The fourth-order valence-corrected chi connectivity index (χ4v) is 1.61. The first kappa shape index (κ1) is 9.95. The van der Waals surface area contributed by atoms with Crippen LogP contribution in [0.2, 0.25) is 0 Å². The Kier molecular flexibility index (Phi) is 3.67. The summed E-state index contributed by atoms with van der Waals surface area (Å²) in [5.41, 5.74) is 5.44. The van der Waals surface area contributed by atoms with Crippen LogP contribution in [-0.4, -0.2) is 13.1 Å². The lowest BCUT2D eigenvalue weighted by Gasteiger charge is -1.88. The normalized spacial score (nSPS) is 10.6. The average molecular weight is 197 g/mol. The first-order chi connectivity index (χ1) is 6.26. The van der Waals surface area contributed by atoms with Crippen molar-refractivity contribution >= 4 is 23.4 Å². The van der Waals surface area contributed by atoms with Crippen LogP contribution >= 0.6 is 11.3 Å². The van der Waals surface area contributed by atoms with Crippen LogP contribution in [0.1, 0.15) is 9.75 Å². The molecular weight excluding hydrogens is 186 g/mol. The molecule has 1 aromatic heterocycles. The van der Waals surface area contributed by atoms with E-state index in [-0.39, 0.29) is 5.97 Å². The molecule has 1 heterocycles. The number of methoxy groups -OCH3 is 1. The van der Waals surface area contributed by atoms with Gasteiger partial charge in [0.1, 0.15) is 0 Å². The molecule has 0 bridgehead atoms. The van der Waals surface area contributed by atoms with Crippen LogP contribution in [0.25, 0.3) is 6.08 Å². The Morgan fingerprint density at radius 2 is 2.46 bits per heavy atom. The second-order valence-corrected chi connectivity index (χ2v) is 3.56. The lowest BCUT2D eigenvalue weighted by molar-refractivity contribution is -0.134. The molecule has 0 unspecified atom stereocenters. The summed E-state index contributed by atoms with van der Waals surface area (Å²) in [5.74, 6) is -0.345. The van der Waals surface area contributed by atoms with Gasteiger partial charge >= 0.3 is 5.97 Å². The zero-order valence-corrected chi connectivity index (χ0v) is 8.14. The molecule has 0 saturated heterocycles. The van der Waals surface area contributed by atoms with Crippen molar-refractivity contribution in [1.82, 2.24) is 0 Å². The molecule has 0 aliphatic rings. The Bertz CT molecular complexity index is 317. The zero-order valence-electron chi connectivity index (χ0n) is 7.32. The van der Waals surface area contributed by atoms with Crippen molar-refractivity contribution in [2.24, 2.45) is 5.73 Å². The number of carbonyl (C=O) groups excluding carboxylic acids is 1. The van der Waals surface area contributed by atoms with E-state index in [9.17, 15) is 4.79 Å². The monoisotopic (exact) mass is 197 g/mol. The standard InChI is InChI=1S/C9H11NO2S/c1-12-9(11)5-4-7-2-3-8(6-10)13-7/h2-5H,6,10H2,1H3/b5-4+. The number of nitrogens with two attached hydrogens (primary N) is 1. The van der Waals surface area contributed by atoms with Gasteiger partial charge in [-0.05, 0) is 18.2 Å². The second kappa shape index (κ2) is 4.79. The van der Waals surface area contributed by atoms with E-state index in [1.54, 1.807) is 17.4 Å². The quantitative estimate of drug-likeness (QED) is 0.588. The number of hydrogen-bond acceptors (Lipinski definition) is 4. The summed E-state index contributed by atoms with van der Waals surface area (Å²) in [7, 11) is 1.35. The maximum absolute atomic E-state index is 10.7. The van der Waals surface area contributed by atoms with E-state index in [4.69, 9.17) is 5.73 Å². The van der Waals surface area contributed by atoms with Crippen molar-refractivity contribution in [2.75, 3.05) is 7.11 Å².